The molecule has 6 heterocycles. The van der Waals surface area contributed by atoms with Gasteiger partial charge in [0.1, 0.15) is 0 Å². The fraction of sp³-hybridized carbons (Fsp3) is 0.259. The van der Waals surface area contributed by atoms with Crippen molar-refractivity contribution < 1.29 is 34.1 Å². The molecule has 0 fully saturated rings. The predicted octanol–water partition coefficient (Wildman–Crippen LogP) is 10.7. The van der Waals surface area contributed by atoms with Crippen LogP contribution in [0.4, 0.5) is 0 Å². The Morgan fingerprint density at radius 3 is 1.58 bits per heavy atom. The van der Waals surface area contributed by atoms with Crippen molar-refractivity contribution in [2.75, 3.05) is 12.3 Å². The smallest absolute Gasteiger partial charge is 0.233 e. The number of aliphatic hydroxyl groups is 1. The minimum absolute atomic E-state index is 0. The summed E-state index contributed by atoms with van der Waals surface area (Å²) in [5.74, 6) is 0.676. The van der Waals surface area contributed by atoms with Gasteiger partial charge in [0.15, 0.2) is 0 Å². The molecule has 0 aliphatic heterocycles. The summed E-state index contributed by atoms with van der Waals surface area (Å²) in [5, 5.41) is 16.7. The molecule has 368 valence electrons. The van der Waals surface area contributed by atoms with Crippen LogP contribution in [0.1, 0.15) is 55.3 Å². The second kappa shape index (κ2) is 29.8. The van der Waals surface area contributed by atoms with E-state index in [0.717, 1.165) is 69.5 Å². The SMILES string of the molecule is CC(C)(C)OC(O)N[C@H](CS[C@H](Cc1ccccc1)C(=O)NCCCc1cccnc1)Cc1ccccc1.Cc1cccc(-c2cccc(C)n2)n1.[Ru].c1ccc(-c2cccc(-c3ccccn3)n2)nc1. The van der Waals surface area contributed by atoms with Gasteiger partial charge in [0.2, 0.25) is 12.3 Å². The molecule has 1 amide bonds. The minimum Gasteiger partial charge on any atom is -0.356 e. The molecular formula is C58H64N8O3RuS. The number of hydrogen-bond acceptors (Lipinski definition) is 11. The summed E-state index contributed by atoms with van der Waals surface area (Å²) in [7, 11) is 0. The Morgan fingerprint density at radius 1 is 0.592 bits per heavy atom. The van der Waals surface area contributed by atoms with E-state index in [9.17, 15) is 9.90 Å². The van der Waals surface area contributed by atoms with E-state index in [0.29, 0.717) is 25.1 Å². The number of aromatic nitrogens is 6. The van der Waals surface area contributed by atoms with Crippen molar-refractivity contribution in [3.8, 4) is 34.2 Å². The third-order valence-electron chi connectivity index (χ3n) is 10.5. The van der Waals surface area contributed by atoms with E-state index in [1.54, 1.807) is 30.4 Å². The molecule has 0 saturated carbocycles. The zero-order valence-electron chi connectivity index (χ0n) is 41.1. The maximum atomic E-state index is 13.3. The van der Waals surface area contributed by atoms with Gasteiger partial charge in [-0.05, 0) is 144 Å². The van der Waals surface area contributed by atoms with Gasteiger partial charge in [-0.25, -0.2) is 4.98 Å². The number of benzene rings is 2. The molecule has 0 aliphatic rings. The quantitative estimate of drug-likeness (QED) is 0.0428. The van der Waals surface area contributed by atoms with Crippen LogP contribution in [0.2, 0.25) is 0 Å². The van der Waals surface area contributed by atoms with Crippen LogP contribution in [0.5, 0.6) is 0 Å². The third-order valence-corrected chi connectivity index (χ3v) is 11.9. The van der Waals surface area contributed by atoms with Crippen molar-refractivity contribution >= 4 is 17.7 Å². The van der Waals surface area contributed by atoms with E-state index in [4.69, 9.17) is 4.74 Å². The van der Waals surface area contributed by atoms with Crippen LogP contribution in [0.3, 0.4) is 0 Å². The van der Waals surface area contributed by atoms with Crippen molar-refractivity contribution in [1.82, 2.24) is 40.5 Å². The van der Waals surface area contributed by atoms with Gasteiger partial charge in [0.05, 0.1) is 45.0 Å². The monoisotopic (exact) mass is 1050 g/mol. The van der Waals surface area contributed by atoms with Crippen molar-refractivity contribution in [2.45, 2.75) is 83.6 Å². The van der Waals surface area contributed by atoms with E-state index < -0.39 is 12.0 Å². The van der Waals surface area contributed by atoms with Crippen LogP contribution in [0.15, 0.2) is 189 Å². The number of nitrogens with one attached hydrogen (secondary N) is 2. The third kappa shape index (κ3) is 20.5. The van der Waals surface area contributed by atoms with Gasteiger partial charge in [-0.2, -0.15) is 0 Å². The summed E-state index contributed by atoms with van der Waals surface area (Å²) in [6, 6.07) is 53.6. The fourth-order valence-corrected chi connectivity index (χ4v) is 8.43. The summed E-state index contributed by atoms with van der Waals surface area (Å²) in [6.07, 6.45) is 9.15. The number of rotatable bonds is 18. The van der Waals surface area contributed by atoms with E-state index in [1.807, 2.05) is 174 Å². The number of nitrogens with zero attached hydrogens (tertiary/aromatic N) is 6. The second-order valence-electron chi connectivity index (χ2n) is 17.6. The molecule has 0 saturated heterocycles. The second-order valence-corrected chi connectivity index (χ2v) is 18.8. The van der Waals surface area contributed by atoms with Gasteiger partial charge in [-0.15, -0.1) is 11.8 Å². The summed E-state index contributed by atoms with van der Waals surface area (Å²) < 4.78 is 5.71. The predicted molar refractivity (Wildman–Crippen MR) is 284 cm³/mol. The first kappa shape index (κ1) is 55.6. The molecule has 2 aromatic carbocycles. The average molecular weight is 1050 g/mol. The molecule has 11 nitrogen and oxygen atoms in total. The standard InChI is InChI=1S/C31H41N3O3S.C15H11N3.C12H12N2.Ru/c1-31(2,3)37-30(36)34-27(20-24-12-6-4-7-13-24)23-38-28(21-25-14-8-5-9-15-25)29(35)33-19-11-17-26-16-10-18-32-22-26;1-3-10-16-12(6-1)14-8-5-9-15(18-14)13-7-2-4-11-17-13;1-9-5-3-7-11(13-9)12-8-4-6-10(2)14-12;/h4-10,12-16,18,22,27-28,30,34,36H,11,17,19-21,23H2,1-3H3,(H,33,35);1-11H;3-8H,1-2H3;/t27-,28+,30?;;;/m0.../s1. The van der Waals surface area contributed by atoms with E-state index in [2.05, 4.69) is 70.9 Å². The molecule has 71 heavy (non-hydrogen) atoms. The van der Waals surface area contributed by atoms with Gasteiger partial charge < -0.3 is 15.2 Å². The molecule has 3 atom stereocenters. The van der Waals surface area contributed by atoms with Crippen LogP contribution in [-0.2, 0) is 48.3 Å². The van der Waals surface area contributed by atoms with Crippen LogP contribution < -0.4 is 10.6 Å². The Morgan fingerprint density at radius 2 is 1.08 bits per heavy atom. The zero-order chi connectivity index (χ0) is 49.4. The van der Waals surface area contributed by atoms with E-state index in [1.165, 1.54) is 5.56 Å². The first-order valence-electron chi connectivity index (χ1n) is 23.6. The molecule has 1 unspecified atom stereocenters. The summed E-state index contributed by atoms with van der Waals surface area (Å²) in [5.41, 5.74) is 10.3. The van der Waals surface area contributed by atoms with Crippen molar-refractivity contribution in [3.05, 3.63) is 217 Å². The molecule has 0 spiro atoms. The van der Waals surface area contributed by atoms with Gasteiger partial charge in [-0.1, -0.05) is 97.1 Å². The minimum atomic E-state index is -1.10. The van der Waals surface area contributed by atoms with Gasteiger partial charge in [0.25, 0.3) is 0 Å². The summed E-state index contributed by atoms with van der Waals surface area (Å²) in [6.45, 7) is 10.3. The Kier molecular flexibility index (Phi) is 23.3. The Hall–Kier alpha value is -6.34. The average Bonchev–Trinajstić information content (AvgIpc) is 3.38. The number of amides is 1. The number of thioether (sulfide) groups is 1. The molecule has 6 aromatic heterocycles. The Labute approximate surface area is 436 Å². The molecule has 0 aliphatic carbocycles. The largest absolute Gasteiger partial charge is 0.356 e. The zero-order valence-corrected chi connectivity index (χ0v) is 43.6. The molecule has 8 aromatic rings. The van der Waals surface area contributed by atoms with Gasteiger partial charge >= 0.3 is 0 Å². The summed E-state index contributed by atoms with van der Waals surface area (Å²) in [4.78, 5) is 39.5. The first-order valence-corrected chi connectivity index (χ1v) is 24.7. The van der Waals surface area contributed by atoms with Crippen LogP contribution in [-0.4, -0.2) is 76.5 Å². The fourth-order valence-electron chi connectivity index (χ4n) is 7.21. The van der Waals surface area contributed by atoms with Gasteiger partial charge in [0, 0.05) is 74.0 Å². The molecule has 0 bridgehead atoms. The van der Waals surface area contributed by atoms with Crippen molar-refractivity contribution in [3.63, 3.8) is 0 Å². The topological polar surface area (TPSA) is 148 Å². The van der Waals surface area contributed by atoms with Crippen LogP contribution >= 0.6 is 11.8 Å². The number of aliphatic hydroxyl groups excluding tert-OH is 1. The number of ether oxygens (including phenoxy) is 1. The Balaban J connectivity index is 0.000000232. The maximum Gasteiger partial charge on any atom is 0.233 e. The van der Waals surface area contributed by atoms with E-state index in [-0.39, 0.29) is 36.7 Å². The molecule has 3 N–H and O–H groups in total. The van der Waals surface area contributed by atoms with Crippen LogP contribution in [0, 0.1) is 13.8 Å². The normalized spacial score (nSPS) is 12.1. The van der Waals surface area contributed by atoms with Gasteiger partial charge in [-0.3, -0.25) is 35.0 Å². The van der Waals surface area contributed by atoms with Crippen LogP contribution in [0.25, 0.3) is 34.2 Å². The molecule has 0 radical (unpaired) electrons. The number of pyridine rings is 6. The maximum absolute atomic E-state index is 13.3. The summed E-state index contributed by atoms with van der Waals surface area (Å²) >= 11 is 1.62. The number of carbonyl (C=O) groups excluding carboxylic acids is 1. The molecule has 8 rings (SSSR count). The Bertz CT molecular complexity index is 2640. The van der Waals surface area contributed by atoms with Crippen molar-refractivity contribution in [1.29, 1.82) is 0 Å². The van der Waals surface area contributed by atoms with E-state index >= 15 is 0 Å². The number of aryl methyl sites for hydroxylation is 3. The number of hydrogen-bond donors (Lipinski definition) is 3. The first-order chi connectivity index (χ1) is 34.0. The molecule has 13 heteroatoms. The number of carbonyl (C=O) groups is 1. The van der Waals surface area contributed by atoms with Crippen molar-refractivity contribution in [2.24, 2.45) is 0 Å². The molecular weight excluding hydrogens is 990 g/mol.